The van der Waals surface area contributed by atoms with Gasteiger partial charge in [-0.25, -0.2) is 4.79 Å². The fourth-order valence-corrected chi connectivity index (χ4v) is 2.73. The molecule has 5 nitrogen and oxygen atoms in total. The number of carbonyl (C=O) groups is 2. The number of esters is 1. The third-order valence-electron chi connectivity index (χ3n) is 4.02. The van der Waals surface area contributed by atoms with E-state index >= 15 is 0 Å². The average Bonchev–Trinajstić information content (AvgIpc) is 2.69. The highest BCUT2D eigenvalue weighted by molar-refractivity contribution is 6.04. The molecule has 0 bridgehead atoms. The van der Waals surface area contributed by atoms with Gasteiger partial charge in [0.2, 0.25) is 0 Å². The van der Waals surface area contributed by atoms with Crippen LogP contribution in [-0.4, -0.2) is 24.8 Å². The lowest BCUT2D eigenvalue weighted by molar-refractivity contribution is -0.274. The lowest BCUT2D eigenvalue weighted by atomic mass is 10.1. The predicted molar refractivity (Wildman–Crippen MR) is 99.2 cm³/mol. The summed E-state index contributed by atoms with van der Waals surface area (Å²) in [7, 11) is 0. The van der Waals surface area contributed by atoms with Crippen molar-refractivity contribution in [1.82, 2.24) is 5.32 Å². The van der Waals surface area contributed by atoms with Gasteiger partial charge < -0.3 is 14.8 Å². The smallest absolute Gasteiger partial charge is 0.452 e. The molecule has 0 atom stereocenters. The Hall–Kier alpha value is -3.55. The Balaban J connectivity index is 1.58. The van der Waals surface area contributed by atoms with E-state index in [1.807, 2.05) is 18.2 Å². The van der Waals surface area contributed by atoms with Crippen LogP contribution in [0.3, 0.4) is 0 Å². The number of carbonyl (C=O) groups excluding carboxylic acids is 2. The lowest BCUT2D eigenvalue weighted by Crippen LogP contribution is -2.29. The topological polar surface area (TPSA) is 64.6 Å². The van der Waals surface area contributed by atoms with Crippen molar-refractivity contribution in [2.45, 2.75) is 12.9 Å². The van der Waals surface area contributed by atoms with Crippen LogP contribution >= 0.6 is 0 Å². The summed E-state index contributed by atoms with van der Waals surface area (Å²) < 4.78 is 46.3. The first kappa shape index (κ1) is 20.2. The zero-order valence-corrected chi connectivity index (χ0v) is 15.0. The molecule has 0 aliphatic rings. The first-order chi connectivity index (χ1) is 13.8. The molecule has 8 heteroatoms. The summed E-state index contributed by atoms with van der Waals surface area (Å²) in [5, 5.41) is 3.95. The number of amides is 1. The van der Waals surface area contributed by atoms with Crippen LogP contribution < -0.4 is 10.1 Å². The van der Waals surface area contributed by atoms with Crippen LogP contribution in [0.25, 0.3) is 10.8 Å². The minimum absolute atomic E-state index is 0.138. The van der Waals surface area contributed by atoms with Crippen LogP contribution in [0.2, 0.25) is 0 Å². The average molecular weight is 403 g/mol. The summed E-state index contributed by atoms with van der Waals surface area (Å²) in [6.45, 7) is -0.777. The molecule has 0 aromatic heterocycles. The summed E-state index contributed by atoms with van der Waals surface area (Å²) >= 11 is 0. The van der Waals surface area contributed by atoms with Gasteiger partial charge in [-0.1, -0.05) is 54.6 Å². The van der Waals surface area contributed by atoms with E-state index in [0.29, 0.717) is 10.9 Å². The Morgan fingerprint density at radius 3 is 2.38 bits per heavy atom. The fraction of sp³-hybridized carbons (Fsp3) is 0.143. The summed E-state index contributed by atoms with van der Waals surface area (Å²) in [6, 6.07) is 17.8. The van der Waals surface area contributed by atoms with Crippen molar-refractivity contribution in [2.24, 2.45) is 0 Å². The minimum Gasteiger partial charge on any atom is -0.452 e. The summed E-state index contributed by atoms with van der Waals surface area (Å²) in [4.78, 5) is 24.3. The van der Waals surface area contributed by atoms with Crippen LogP contribution in [0.15, 0.2) is 66.7 Å². The van der Waals surface area contributed by atoms with Gasteiger partial charge in [-0.15, -0.1) is 13.2 Å². The number of rotatable bonds is 6. The van der Waals surface area contributed by atoms with Crippen LogP contribution in [0.4, 0.5) is 13.2 Å². The quantitative estimate of drug-likeness (QED) is 0.627. The van der Waals surface area contributed by atoms with E-state index in [1.54, 1.807) is 24.3 Å². The monoisotopic (exact) mass is 403 g/mol. The highest BCUT2D eigenvalue weighted by Gasteiger charge is 2.32. The Morgan fingerprint density at radius 1 is 0.897 bits per heavy atom. The largest absolute Gasteiger partial charge is 0.573 e. The SMILES string of the molecule is O=C(COC(=O)c1cccc2ccccc12)NCc1ccccc1OC(F)(F)F. The number of hydrogen-bond donors (Lipinski definition) is 1. The van der Waals surface area contributed by atoms with Gasteiger partial charge in [-0.2, -0.15) is 0 Å². The normalized spacial score (nSPS) is 11.1. The molecular weight excluding hydrogens is 387 g/mol. The number of nitrogens with one attached hydrogen (secondary N) is 1. The van der Waals surface area contributed by atoms with E-state index in [9.17, 15) is 22.8 Å². The fourth-order valence-electron chi connectivity index (χ4n) is 2.73. The van der Waals surface area contributed by atoms with Gasteiger partial charge >= 0.3 is 12.3 Å². The molecule has 0 aliphatic carbocycles. The van der Waals surface area contributed by atoms with Crippen molar-refractivity contribution in [2.75, 3.05) is 6.61 Å². The number of fused-ring (bicyclic) bond motifs is 1. The highest BCUT2D eigenvalue weighted by atomic mass is 19.4. The maximum atomic E-state index is 12.4. The van der Waals surface area contributed by atoms with Gasteiger partial charge in [0.1, 0.15) is 5.75 Å². The molecule has 0 heterocycles. The van der Waals surface area contributed by atoms with Crippen LogP contribution in [0, 0.1) is 0 Å². The van der Waals surface area contributed by atoms with E-state index in [1.165, 1.54) is 18.2 Å². The number of ether oxygens (including phenoxy) is 2. The summed E-state index contributed by atoms with van der Waals surface area (Å²) in [5.41, 5.74) is 0.457. The van der Waals surface area contributed by atoms with Gasteiger partial charge in [0.25, 0.3) is 5.91 Å². The molecule has 0 spiro atoms. The minimum atomic E-state index is -4.84. The molecule has 29 heavy (non-hydrogen) atoms. The molecule has 150 valence electrons. The second-order valence-corrected chi connectivity index (χ2v) is 6.04. The predicted octanol–water partition coefficient (Wildman–Crippen LogP) is 4.21. The van der Waals surface area contributed by atoms with Crippen LogP contribution in [0.1, 0.15) is 15.9 Å². The van der Waals surface area contributed by atoms with Gasteiger partial charge in [0, 0.05) is 12.1 Å². The van der Waals surface area contributed by atoms with Crippen LogP contribution in [-0.2, 0) is 16.1 Å². The first-order valence-corrected chi connectivity index (χ1v) is 8.59. The second kappa shape index (κ2) is 8.64. The Labute approximate surface area is 164 Å². The van der Waals surface area contributed by atoms with Crippen molar-refractivity contribution in [3.8, 4) is 5.75 Å². The van der Waals surface area contributed by atoms with E-state index in [2.05, 4.69) is 10.1 Å². The van der Waals surface area contributed by atoms with Gasteiger partial charge in [0.15, 0.2) is 6.61 Å². The van der Waals surface area contributed by atoms with E-state index < -0.39 is 30.6 Å². The molecule has 0 unspecified atom stereocenters. The standard InChI is InChI=1S/C21H16F3NO4/c22-21(23,24)29-18-11-4-2-7-15(18)12-25-19(26)13-28-20(27)17-10-5-8-14-6-1-3-9-16(14)17/h1-11H,12-13H2,(H,25,26). The molecule has 1 N–H and O–H groups in total. The maximum absolute atomic E-state index is 12.4. The van der Waals surface area contributed by atoms with Crippen molar-refractivity contribution >= 4 is 22.6 Å². The molecule has 0 saturated carbocycles. The summed E-state index contributed by atoms with van der Waals surface area (Å²) in [6.07, 6.45) is -4.84. The van der Waals surface area contributed by atoms with Gasteiger partial charge in [0.05, 0.1) is 5.56 Å². The zero-order valence-electron chi connectivity index (χ0n) is 15.0. The molecule has 0 radical (unpaired) electrons. The van der Waals surface area contributed by atoms with Gasteiger partial charge in [-0.3, -0.25) is 4.79 Å². The van der Waals surface area contributed by atoms with E-state index in [-0.39, 0.29) is 12.1 Å². The lowest BCUT2D eigenvalue weighted by Gasteiger charge is -2.13. The Morgan fingerprint density at radius 2 is 1.59 bits per heavy atom. The Bertz CT molecular complexity index is 1030. The maximum Gasteiger partial charge on any atom is 0.573 e. The number of alkyl halides is 3. The highest BCUT2D eigenvalue weighted by Crippen LogP contribution is 2.26. The first-order valence-electron chi connectivity index (χ1n) is 8.59. The molecule has 3 rings (SSSR count). The molecule has 3 aromatic carbocycles. The number of hydrogen-bond acceptors (Lipinski definition) is 4. The van der Waals surface area contributed by atoms with E-state index in [4.69, 9.17) is 4.74 Å². The molecular formula is C21H16F3NO4. The van der Waals surface area contributed by atoms with Crippen molar-refractivity contribution in [1.29, 1.82) is 0 Å². The Kier molecular flexibility index (Phi) is 6.01. The van der Waals surface area contributed by atoms with Crippen LogP contribution in [0.5, 0.6) is 5.75 Å². The molecule has 0 saturated heterocycles. The van der Waals surface area contributed by atoms with Crippen molar-refractivity contribution < 1.29 is 32.2 Å². The zero-order chi connectivity index (χ0) is 20.9. The van der Waals surface area contributed by atoms with Crippen molar-refractivity contribution in [3.63, 3.8) is 0 Å². The van der Waals surface area contributed by atoms with Gasteiger partial charge in [-0.05, 0) is 22.9 Å². The number of para-hydroxylation sites is 1. The summed E-state index contributed by atoms with van der Waals surface area (Å²) in [5.74, 6) is -1.73. The number of benzene rings is 3. The molecule has 0 fully saturated rings. The molecule has 0 aliphatic heterocycles. The second-order valence-electron chi connectivity index (χ2n) is 6.04. The van der Waals surface area contributed by atoms with E-state index in [0.717, 1.165) is 11.5 Å². The molecule has 3 aromatic rings. The third kappa shape index (κ3) is 5.47. The number of halogens is 3. The molecule has 1 amide bonds. The van der Waals surface area contributed by atoms with Crippen molar-refractivity contribution in [3.05, 3.63) is 77.9 Å². The third-order valence-corrected chi connectivity index (χ3v) is 4.02.